The Balaban J connectivity index is 1.57. The summed E-state index contributed by atoms with van der Waals surface area (Å²) in [6, 6.07) is 13.6. The fraction of sp³-hybridized carbons (Fsp3) is 0.182. The van der Waals surface area contributed by atoms with Gasteiger partial charge >= 0.3 is 0 Å². The van der Waals surface area contributed by atoms with Gasteiger partial charge in [-0.05, 0) is 59.7 Å². The molecule has 0 bridgehead atoms. The van der Waals surface area contributed by atoms with Crippen LogP contribution in [-0.2, 0) is 13.0 Å². The summed E-state index contributed by atoms with van der Waals surface area (Å²) in [6.07, 6.45) is 0.697. The summed E-state index contributed by atoms with van der Waals surface area (Å²) in [6.45, 7) is -0.192. The molecule has 0 fully saturated rings. The molecule has 3 aromatic rings. The number of halogens is 3. The summed E-state index contributed by atoms with van der Waals surface area (Å²) < 4.78 is 51.2. The third-order valence-electron chi connectivity index (χ3n) is 4.95. The molecule has 0 N–H and O–H groups in total. The molecule has 0 radical (unpaired) electrons. The van der Waals surface area contributed by atoms with Gasteiger partial charge in [0.15, 0.2) is 17.5 Å². The van der Waals surface area contributed by atoms with E-state index < -0.39 is 17.5 Å². The average Bonchev–Trinajstić information content (AvgIpc) is 2.71. The van der Waals surface area contributed by atoms with Gasteiger partial charge in [0, 0.05) is 30.4 Å². The van der Waals surface area contributed by atoms with E-state index in [1.165, 1.54) is 6.07 Å². The summed E-state index contributed by atoms with van der Waals surface area (Å²) in [4.78, 5) is 2.09. The minimum atomic E-state index is -1.49. The van der Waals surface area contributed by atoms with Crippen LogP contribution in [0.1, 0.15) is 16.7 Å². The number of anilines is 2. The van der Waals surface area contributed by atoms with Crippen LogP contribution in [0.2, 0.25) is 0 Å². The van der Waals surface area contributed by atoms with Crippen molar-refractivity contribution in [1.82, 2.24) is 0 Å². The van der Waals surface area contributed by atoms with Crippen LogP contribution in [0.3, 0.4) is 0 Å². The number of fused-ring (bicyclic) bond motifs is 2. The first-order valence-electron chi connectivity index (χ1n) is 8.76. The molecule has 0 unspecified atom stereocenters. The van der Waals surface area contributed by atoms with Crippen LogP contribution >= 0.6 is 0 Å². The lowest BCUT2D eigenvalue weighted by Gasteiger charge is -2.30. The first kappa shape index (κ1) is 18.2. The van der Waals surface area contributed by atoms with Crippen molar-refractivity contribution in [2.75, 3.05) is 19.1 Å². The van der Waals surface area contributed by atoms with Crippen molar-refractivity contribution >= 4 is 11.4 Å². The first-order valence-corrected chi connectivity index (χ1v) is 8.76. The summed E-state index contributed by atoms with van der Waals surface area (Å²) >= 11 is 0. The second-order valence-corrected chi connectivity index (χ2v) is 6.64. The molecule has 0 saturated carbocycles. The summed E-state index contributed by atoms with van der Waals surface area (Å²) in [7, 11) is 3.62. The summed E-state index contributed by atoms with van der Waals surface area (Å²) in [5, 5.41) is 0. The molecule has 0 saturated heterocycles. The van der Waals surface area contributed by atoms with Crippen LogP contribution in [-0.4, -0.2) is 14.2 Å². The van der Waals surface area contributed by atoms with Crippen molar-refractivity contribution in [3.05, 3.63) is 82.7 Å². The Hall–Kier alpha value is -3.15. The topological polar surface area (TPSA) is 21.7 Å². The molecule has 4 rings (SSSR count). The predicted molar refractivity (Wildman–Crippen MR) is 101 cm³/mol. The maximum atomic E-state index is 13.8. The predicted octanol–water partition coefficient (Wildman–Crippen LogP) is 5.36. The highest BCUT2D eigenvalue weighted by Gasteiger charge is 2.21. The van der Waals surface area contributed by atoms with E-state index in [4.69, 9.17) is 9.47 Å². The highest BCUT2D eigenvalue weighted by Crippen LogP contribution is 2.40. The standard InChI is InChI=1S/C22H18F3NO2/c1-26-19-7-4-16(27-2)10-14(19)9-15-11-17(5-8-20(15)26)28-12-13-3-6-18(23)22(25)21(13)24/h3-8,10-11H,9,12H2,1-2H3. The van der Waals surface area contributed by atoms with Gasteiger partial charge in [0.1, 0.15) is 18.1 Å². The lowest BCUT2D eigenvalue weighted by atomic mass is 9.95. The zero-order valence-corrected chi connectivity index (χ0v) is 15.4. The van der Waals surface area contributed by atoms with Gasteiger partial charge in [0.05, 0.1) is 7.11 Å². The Morgan fingerprint density at radius 3 is 2.18 bits per heavy atom. The van der Waals surface area contributed by atoms with Gasteiger partial charge in [-0.3, -0.25) is 0 Å². The number of benzene rings is 3. The molecule has 0 spiro atoms. The van der Waals surface area contributed by atoms with Gasteiger partial charge in [-0.25, -0.2) is 13.2 Å². The number of hydrogen-bond acceptors (Lipinski definition) is 3. The molecule has 6 heteroatoms. The van der Waals surface area contributed by atoms with Gasteiger partial charge in [0.2, 0.25) is 0 Å². The molecule has 3 aromatic carbocycles. The smallest absolute Gasteiger partial charge is 0.194 e. The van der Waals surface area contributed by atoms with Crippen LogP contribution in [0.25, 0.3) is 0 Å². The molecule has 0 aromatic heterocycles. The lowest BCUT2D eigenvalue weighted by Crippen LogP contribution is -2.18. The number of methoxy groups -OCH3 is 1. The lowest BCUT2D eigenvalue weighted by molar-refractivity contribution is 0.295. The molecule has 1 aliphatic rings. The third kappa shape index (κ3) is 3.15. The minimum absolute atomic E-state index is 0.0381. The van der Waals surface area contributed by atoms with Crippen LogP contribution in [0, 0.1) is 17.5 Å². The van der Waals surface area contributed by atoms with Crippen molar-refractivity contribution < 1.29 is 22.6 Å². The summed E-state index contributed by atoms with van der Waals surface area (Å²) in [5.74, 6) is -2.61. The SMILES string of the molecule is COc1ccc2c(c1)Cc1cc(OCc3ccc(F)c(F)c3F)ccc1N2C. The van der Waals surface area contributed by atoms with Crippen molar-refractivity contribution in [1.29, 1.82) is 0 Å². The summed E-state index contributed by atoms with van der Waals surface area (Å²) in [5.41, 5.74) is 4.28. The second kappa shape index (κ2) is 7.11. The normalized spacial score (nSPS) is 12.4. The highest BCUT2D eigenvalue weighted by atomic mass is 19.2. The number of ether oxygens (including phenoxy) is 2. The molecule has 1 aliphatic heterocycles. The average molecular weight is 385 g/mol. The monoisotopic (exact) mass is 385 g/mol. The molecule has 144 valence electrons. The van der Waals surface area contributed by atoms with Gasteiger partial charge in [-0.2, -0.15) is 0 Å². The van der Waals surface area contributed by atoms with E-state index in [2.05, 4.69) is 4.90 Å². The Labute approximate surface area is 160 Å². The number of nitrogens with zero attached hydrogens (tertiary/aromatic N) is 1. The quantitative estimate of drug-likeness (QED) is 0.564. The van der Waals surface area contributed by atoms with E-state index in [1.807, 2.05) is 37.4 Å². The van der Waals surface area contributed by atoms with E-state index in [0.717, 1.165) is 34.3 Å². The molecule has 0 atom stereocenters. The largest absolute Gasteiger partial charge is 0.497 e. The highest BCUT2D eigenvalue weighted by molar-refractivity contribution is 5.75. The minimum Gasteiger partial charge on any atom is -0.497 e. The van der Waals surface area contributed by atoms with Crippen molar-refractivity contribution in [2.24, 2.45) is 0 Å². The van der Waals surface area contributed by atoms with E-state index in [9.17, 15) is 13.2 Å². The van der Waals surface area contributed by atoms with E-state index >= 15 is 0 Å². The van der Waals surface area contributed by atoms with Crippen molar-refractivity contribution in [3.63, 3.8) is 0 Å². The van der Waals surface area contributed by atoms with E-state index in [1.54, 1.807) is 13.2 Å². The van der Waals surface area contributed by atoms with Crippen molar-refractivity contribution in [2.45, 2.75) is 13.0 Å². The molecule has 1 heterocycles. The first-order chi connectivity index (χ1) is 13.5. The molecule has 0 aliphatic carbocycles. The Morgan fingerprint density at radius 1 is 0.857 bits per heavy atom. The van der Waals surface area contributed by atoms with Crippen LogP contribution in [0.4, 0.5) is 24.5 Å². The maximum Gasteiger partial charge on any atom is 0.194 e. The Morgan fingerprint density at radius 2 is 1.50 bits per heavy atom. The Kier molecular flexibility index (Phi) is 4.63. The van der Waals surface area contributed by atoms with Gasteiger partial charge < -0.3 is 14.4 Å². The van der Waals surface area contributed by atoms with E-state index in [-0.39, 0.29) is 12.2 Å². The fourth-order valence-electron chi connectivity index (χ4n) is 3.45. The van der Waals surface area contributed by atoms with E-state index in [0.29, 0.717) is 12.2 Å². The van der Waals surface area contributed by atoms with Gasteiger partial charge in [-0.15, -0.1) is 0 Å². The van der Waals surface area contributed by atoms with Crippen LogP contribution < -0.4 is 14.4 Å². The fourth-order valence-corrected chi connectivity index (χ4v) is 3.45. The van der Waals surface area contributed by atoms with Crippen LogP contribution in [0.5, 0.6) is 11.5 Å². The second-order valence-electron chi connectivity index (χ2n) is 6.64. The van der Waals surface area contributed by atoms with Gasteiger partial charge in [0.25, 0.3) is 0 Å². The molecular formula is C22H18F3NO2. The van der Waals surface area contributed by atoms with Crippen LogP contribution in [0.15, 0.2) is 48.5 Å². The molecular weight excluding hydrogens is 367 g/mol. The van der Waals surface area contributed by atoms with Crippen molar-refractivity contribution in [3.8, 4) is 11.5 Å². The Bertz CT molecular complexity index is 1050. The molecule has 3 nitrogen and oxygen atoms in total. The third-order valence-corrected chi connectivity index (χ3v) is 4.95. The molecule has 28 heavy (non-hydrogen) atoms. The zero-order valence-electron chi connectivity index (χ0n) is 15.4. The number of hydrogen-bond donors (Lipinski definition) is 0. The van der Waals surface area contributed by atoms with Gasteiger partial charge in [-0.1, -0.05) is 0 Å². The maximum absolute atomic E-state index is 13.8. The zero-order chi connectivity index (χ0) is 19.8. The number of rotatable bonds is 4. The molecule has 0 amide bonds.